The van der Waals surface area contributed by atoms with Crippen molar-refractivity contribution in [3.05, 3.63) is 0 Å². The third-order valence-corrected chi connectivity index (χ3v) is 4.55. The molecular weight excluding hydrogens is 212 g/mol. The average molecular weight is 240 g/mol. The number of aliphatic hydroxyl groups excluding tert-OH is 1. The highest BCUT2D eigenvalue weighted by atomic mass is 16.3. The minimum absolute atomic E-state index is 0.157. The molecule has 100 valence electrons. The maximum Gasteiger partial charge on any atom is 0.0669 e. The molecule has 2 aliphatic carbocycles. The molecule has 0 radical (unpaired) electrons. The topological polar surface area (TPSA) is 49.5 Å². The highest BCUT2D eigenvalue weighted by Gasteiger charge is 2.33. The molecule has 2 unspecified atom stereocenters. The van der Waals surface area contributed by atoms with Crippen LogP contribution < -0.4 is 5.73 Å². The highest BCUT2D eigenvalue weighted by molar-refractivity contribution is 4.88. The largest absolute Gasteiger partial charge is 0.392 e. The van der Waals surface area contributed by atoms with E-state index in [9.17, 15) is 5.11 Å². The molecule has 0 aromatic heterocycles. The zero-order valence-electron chi connectivity index (χ0n) is 11.1. The van der Waals surface area contributed by atoms with E-state index in [1.807, 2.05) is 0 Å². The first-order valence-electron chi connectivity index (χ1n) is 7.29. The Morgan fingerprint density at radius 3 is 2.41 bits per heavy atom. The summed E-state index contributed by atoms with van der Waals surface area (Å²) in [6, 6.07) is 0.494. The summed E-state index contributed by atoms with van der Waals surface area (Å²) in [4.78, 5) is 2.29. The van der Waals surface area contributed by atoms with Gasteiger partial charge in [0.2, 0.25) is 0 Å². The molecule has 3 N–H and O–H groups in total. The van der Waals surface area contributed by atoms with Crippen LogP contribution in [0.1, 0.15) is 44.9 Å². The van der Waals surface area contributed by atoms with Crippen LogP contribution >= 0.6 is 0 Å². The third kappa shape index (κ3) is 3.94. The average Bonchev–Trinajstić information content (AvgIpc) is 2.97. The molecule has 0 amide bonds. The van der Waals surface area contributed by atoms with E-state index in [2.05, 4.69) is 11.9 Å². The van der Waals surface area contributed by atoms with Crippen molar-refractivity contribution in [2.75, 3.05) is 20.1 Å². The highest BCUT2D eigenvalue weighted by Crippen LogP contribution is 2.35. The first-order chi connectivity index (χ1) is 8.20. The second-order valence-corrected chi connectivity index (χ2v) is 6.12. The number of hydrogen-bond acceptors (Lipinski definition) is 3. The lowest BCUT2D eigenvalue weighted by molar-refractivity contribution is 0.0809. The van der Waals surface area contributed by atoms with Crippen molar-refractivity contribution in [1.29, 1.82) is 0 Å². The molecular formula is C14H28N2O. The van der Waals surface area contributed by atoms with Gasteiger partial charge in [-0.3, -0.25) is 4.90 Å². The second kappa shape index (κ2) is 6.17. The second-order valence-electron chi connectivity index (χ2n) is 6.12. The van der Waals surface area contributed by atoms with Crippen molar-refractivity contribution >= 4 is 0 Å². The summed E-state index contributed by atoms with van der Waals surface area (Å²) in [5, 5.41) is 10.1. The lowest BCUT2D eigenvalue weighted by Crippen LogP contribution is -2.43. The van der Waals surface area contributed by atoms with Gasteiger partial charge in [0.1, 0.15) is 0 Å². The van der Waals surface area contributed by atoms with Gasteiger partial charge in [-0.1, -0.05) is 25.7 Å². The summed E-state index contributed by atoms with van der Waals surface area (Å²) in [5.74, 6) is 1.57. The van der Waals surface area contributed by atoms with Crippen LogP contribution in [0, 0.1) is 11.8 Å². The smallest absolute Gasteiger partial charge is 0.0669 e. The SMILES string of the molecule is CN(CC(O)CC1CCCC1)C(CN)C1CC1. The minimum Gasteiger partial charge on any atom is -0.392 e. The van der Waals surface area contributed by atoms with E-state index < -0.39 is 0 Å². The summed E-state index contributed by atoms with van der Waals surface area (Å²) in [7, 11) is 2.12. The van der Waals surface area contributed by atoms with Crippen LogP contribution in [0.3, 0.4) is 0 Å². The van der Waals surface area contributed by atoms with Gasteiger partial charge in [-0.15, -0.1) is 0 Å². The molecule has 17 heavy (non-hydrogen) atoms. The number of nitrogens with two attached hydrogens (primary N) is 1. The summed E-state index contributed by atoms with van der Waals surface area (Å²) in [5.41, 5.74) is 5.83. The Balaban J connectivity index is 1.70. The maximum absolute atomic E-state index is 10.1. The predicted molar refractivity (Wildman–Crippen MR) is 70.8 cm³/mol. The van der Waals surface area contributed by atoms with E-state index in [0.29, 0.717) is 6.04 Å². The fourth-order valence-corrected chi connectivity index (χ4v) is 3.39. The molecule has 2 fully saturated rings. The lowest BCUT2D eigenvalue weighted by Gasteiger charge is -2.29. The Kier molecular flexibility index (Phi) is 4.83. The first kappa shape index (κ1) is 13.3. The fraction of sp³-hybridized carbons (Fsp3) is 1.00. The molecule has 0 saturated heterocycles. The van der Waals surface area contributed by atoms with E-state index in [4.69, 9.17) is 5.73 Å². The van der Waals surface area contributed by atoms with Gasteiger partial charge in [0.05, 0.1) is 6.10 Å². The zero-order valence-corrected chi connectivity index (χ0v) is 11.1. The van der Waals surface area contributed by atoms with Crippen molar-refractivity contribution in [1.82, 2.24) is 4.90 Å². The summed E-state index contributed by atoms with van der Waals surface area (Å²) in [6.45, 7) is 1.53. The Labute approximate surface area is 105 Å². The zero-order chi connectivity index (χ0) is 12.3. The number of likely N-dealkylation sites (N-methyl/N-ethyl adjacent to an activating group) is 1. The number of nitrogens with zero attached hydrogens (tertiary/aromatic N) is 1. The summed E-state index contributed by atoms with van der Waals surface area (Å²) in [6.07, 6.45) is 8.85. The number of hydrogen-bond donors (Lipinski definition) is 2. The van der Waals surface area contributed by atoms with E-state index in [-0.39, 0.29) is 6.10 Å². The Morgan fingerprint density at radius 1 is 1.24 bits per heavy atom. The summed E-state index contributed by atoms with van der Waals surface area (Å²) < 4.78 is 0. The van der Waals surface area contributed by atoms with Crippen LogP contribution in [0.15, 0.2) is 0 Å². The van der Waals surface area contributed by atoms with Crippen molar-refractivity contribution in [3.8, 4) is 0 Å². The van der Waals surface area contributed by atoms with Crippen molar-refractivity contribution in [3.63, 3.8) is 0 Å². The van der Waals surface area contributed by atoms with Gasteiger partial charge in [-0.2, -0.15) is 0 Å². The van der Waals surface area contributed by atoms with Gasteiger partial charge in [0, 0.05) is 19.1 Å². The molecule has 2 rings (SSSR count). The van der Waals surface area contributed by atoms with Crippen LogP contribution in [0.25, 0.3) is 0 Å². The van der Waals surface area contributed by atoms with Gasteiger partial charge in [0.15, 0.2) is 0 Å². The van der Waals surface area contributed by atoms with E-state index >= 15 is 0 Å². The first-order valence-corrected chi connectivity index (χ1v) is 7.29. The molecule has 0 aromatic rings. The van der Waals surface area contributed by atoms with Crippen molar-refractivity contribution < 1.29 is 5.11 Å². The van der Waals surface area contributed by atoms with Crippen LogP contribution in [0.5, 0.6) is 0 Å². The molecule has 0 bridgehead atoms. The van der Waals surface area contributed by atoms with Crippen LogP contribution in [0.2, 0.25) is 0 Å². The summed E-state index contributed by atoms with van der Waals surface area (Å²) >= 11 is 0. The van der Waals surface area contributed by atoms with Gasteiger partial charge in [-0.05, 0) is 38.1 Å². The van der Waals surface area contributed by atoms with E-state index in [1.165, 1.54) is 38.5 Å². The number of rotatable bonds is 7. The Morgan fingerprint density at radius 2 is 1.88 bits per heavy atom. The van der Waals surface area contributed by atoms with Crippen molar-refractivity contribution in [2.45, 2.75) is 57.1 Å². The van der Waals surface area contributed by atoms with E-state index in [0.717, 1.165) is 31.3 Å². The molecule has 0 spiro atoms. The molecule has 3 nitrogen and oxygen atoms in total. The lowest BCUT2D eigenvalue weighted by atomic mass is 9.99. The molecule has 3 heteroatoms. The van der Waals surface area contributed by atoms with Gasteiger partial charge >= 0.3 is 0 Å². The molecule has 2 atom stereocenters. The normalized spacial score (nSPS) is 25.4. The van der Waals surface area contributed by atoms with Crippen LogP contribution in [-0.4, -0.2) is 42.3 Å². The van der Waals surface area contributed by atoms with Crippen LogP contribution in [-0.2, 0) is 0 Å². The van der Waals surface area contributed by atoms with Gasteiger partial charge in [0.25, 0.3) is 0 Å². The maximum atomic E-state index is 10.1. The standard InChI is InChI=1S/C14H28N2O/c1-16(14(9-15)12-6-7-12)10-13(17)8-11-4-2-3-5-11/h11-14,17H,2-10,15H2,1H3. The predicted octanol–water partition coefficient (Wildman–Crippen LogP) is 1.60. The molecule has 0 heterocycles. The molecule has 2 aliphatic rings. The molecule has 0 aliphatic heterocycles. The van der Waals surface area contributed by atoms with E-state index in [1.54, 1.807) is 0 Å². The Hall–Kier alpha value is -0.120. The Bertz CT molecular complexity index is 224. The minimum atomic E-state index is -0.157. The van der Waals surface area contributed by atoms with Crippen LogP contribution in [0.4, 0.5) is 0 Å². The van der Waals surface area contributed by atoms with Crippen molar-refractivity contribution in [2.24, 2.45) is 17.6 Å². The third-order valence-electron chi connectivity index (χ3n) is 4.55. The van der Waals surface area contributed by atoms with Gasteiger partial charge < -0.3 is 10.8 Å². The fourth-order valence-electron chi connectivity index (χ4n) is 3.39. The molecule has 2 saturated carbocycles. The molecule has 0 aromatic carbocycles. The number of aliphatic hydroxyl groups is 1. The quantitative estimate of drug-likeness (QED) is 0.710. The monoisotopic (exact) mass is 240 g/mol. The van der Waals surface area contributed by atoms with Gasteiger partial charge in [-0.25, -0.2) is 0 Å².